The van der Waals surface area contributed by atoms with E-state index in [1.54, 1.807) is 13.8 Å². The maximum absolute atomic E-state index is 10.7. The zero-order valence-electron chi connectivity index (χ0n) is 6.46. The number of rotatable bonds is 4. The summed E-state index contributed by atoms with van der Waals surface area (Å²) in [7, 11) is 0. The molecule has 0 saturated heterocycles. The van der Waals surface area contributed by atoms with Gasteiger partial charge in [-0.05, 0) is 0 Å². The van der Waals surface area contributed by atoms with Crippen molar-refractivity contribution in [2.45, 2.75) is 13.8 Å². The number of carbonyl (C=O) groups excluding carboxylic acids is 2. The molecule has 0 radical (unpaired) electrons. The molecule has 0 N–H and O–H groups in total. The SMILES string of the molecule is CCOC(=O)[Te]C(=O)OCC. The van der Waals surface area contributed by atoms with Gasteiger partial charge in [0.2, 0.25) is 0 Å². The Labute approximate surface area is 75.3 Å². The van der Waals surface area contributed by atoms with Crippen molar-refractivity contribution < 1.29 is 19.1 Å². The molecular formula is C6H10O4Te. The molecule has 64 valence electrons. The summed E-state index contributed by atoms with van der Waals surface area (Å²) in [5, 5.41) is 0. The number of hydrogen-bond acceptors (Lipinski definition) is 4. The van der Waals surface area contributed by atoms with E-state index in [4.69, 9.17) is 0 Å². The summed E-state index contributed by atoms with van der Waals surface area (Å²) in [5.41, 5.74) is 0. The van der Waals surface area contributed by atoms with Crippen LogP contribution in [-0.4, -0.2) is 42.2 Å². The van der Waals surface area contributed by atoms with Crippen LogP contribution in [0.4, 0.5) is 9.59 Å². The van der Waals surface area contributed by atoms with Crippen molar-refractivity contribution in [3.8, 4) is 0 Å². The second-order valence-electron chi connectivity index (χ2n) is 1.47. The van der Waals surface area contributed by atoms with Gasteiger partial charge in [0, 0.05) is 0 Å². The van der Waals surface area contributed by atoms with Gasteiger partial charge >= 0.3 is 75.1 Å². The van der Waals surface area contributed by atoms with E-state index in [1.807, 2.05) is 0 Å². The van der Waals surface area contributed by atoms with E-state index in [1.165, 1.54) is 0 Å². The first-order chi connectivity index (χ1) is 5.20. The predicted molar refractivity (Wildman–Crippen MR) is 39.8 cm³/mol. The topological polar surface area (TPSA) is 52.6 Å². The van der Waals surface area contributed by atoms with E-state index in [2.05, 4.69) is 9.47 Å². The Bertz CT molecular complexity index is 130. The molecule has 0 aliphatic carbocycles. The van der Waals surface area contributed by atoms with Crippen LogP contribution < -0.4 is 0 Å². The van der Waals surface area contributed by atoms with E-state index >= 15 is 0 Å². The van der Waals surface area contributed by atoms with Gasteiger partial charge in [-0.25, -0.2) is 0 Å². The van der Waals surface area contributed by atoms with Crippen molar-refractivity contribution in [3.63, 3.8) is 0 Å². The monoisotopic (exact) mass is 276 g/mol. The number of hydrogen-bond donors (Lipinski definition) is 0. The van der Waals surface area contributed by atoms with Crippen molar-refractivity contribution in [1.29, 1.82) is 0 Å². The maximum atomic E-state index is 10.7. The molecule has 0 atom stereocenters. The molecule has 0 heterocycles. The van der Waals surface area contributed by atoms with E-state index in [0.29, 0.717) is 13.2 Å². The fraction of sp³-hybridized carbons (Fsp3) is 0.667. The quantitative estimate of drug-likeness (QED) is 0.717. The van der Waals surface area contributed by atoms with Crippen molar-refractivity contribution >= 4 is 29.0 Å². The zero-order valence-corrected chi connectivity index (χ0v) is 8.79. The second kappa shape index (κ2) is 6.44. The van der Waals surface area contributed by atoms with Crippen LogP contribution in [0.25, 0.3) is 0 Å². The van der Waals surface area contributed by atoms with E-state index in [-0.39, 0.29) is 0 Å². The van der Waals surface area contributed by atoms with Crippen LogP contribution >= 0.6 is 0 Å². The van der Waals surface area contributed by atoms with Gasteiger partial charge < -0.3 is 0 Å². The molecular weight excluding hydrogens is 264 g/mol. The molecule has 0 bridgehead atoms. The molecule has 0 spiro atoms. The summed E-state index contributed by atoms with van der Waals surface area (Å²) >= 11 is -1.41. The molecule has 0 rings (SSSR count). The van der Waals surface area contributed by atoms with Gasteiger partial charge in [-0.3, -0.25) is 0 Å². The fourth-order valence-corrected chi connectivity index (χ4v) is 1.76. The molecule has 4 nitrogen and oxygen atoms in total. The van der Waals surface area contributed by atoms with Crippen molar-refractivity contribution in [3.05, 3.63) is 0 Å². The van der Waals surface area contributed by atoms with Gasteiger partial charge in [-0.15, -0.1) is 0 Å². The van der Waals surface area contributed by atoms with Crippen LogP contribution in [-0.2, 0) is 9.47 Å². The number of carbonyl (C=O) groups is 2. The first kappa shape index (κ1) is 10.7. The summed E-state index contributed by atoms with van der Waals surface area (Å²) in [6.07, 6.45) is 0. The first-order valence-corrected chi connectivity index (χ1v) is 5.55. The van der Waals surface area contributed by atoms with Gasteiger partial charge in [-0.2, -0.15) is 0 Å². The minimum atomic E-state index is -1.41. The standard InChI is InChI=1S/C6H10O4Te/c1-3-9-5(7)11-6(8)10-4-2/h3-4H2,1-2H3. The third-order valence-corrected chi connectivity index (χ3v) is 2.32. The molecule has 0 aromatic carbocycles. The normalized spacial score (nSPS) is 8.91. The van der Waals surface area contributed by atoms with Crippen LogP contribution in [0.2, 0.25) is 0 Å². The predicted octanol–water partition coefficient (Wildman–Crippen LogP) is 1.00. The first-order valence-electron chi connectivity index (χ1n) is 3.22. The molecule has 0 aliphatic rings. The molecule has 0 unspecified atom stereocenters. The Hall–Kier alpha value is -0.270. The molecule has 0 saturated carbocycles. The third-order valence-electron chi connectivity index (χ3n) is 0.691. The van der Waals surface area contributed by atoms with Crippen LogP contribution in [0.15, 0.2) is 0 Å². The third kappa shape index (κ3) is 6.14. The Kier molecular flexibility index (Phi) is 6.28. The molecule has 0 fully saturated rings. The molecule has 5 heteroatoms. The Morgan fingerprint density at radius 2 is 1.45 bits per heavy atom. The molecule has 11 heavy (non-hydrogen) atoms. The van der Waals surface area contributed by atoms with Crippen molar-refractivity contribution in [1.82, 2.24) is 0 Å². The summed E-state index contributed by atoms with van der Waals surface area (Å²) in [6.45, 7) is 4.05. The van der Waals surface area contributed by atoms with Crippen LogP contribution in [0.3, 0.4) is 0 Å². The molecule has 0 aromatic heterocycles. The van der Waals surface area contributed by atoms with Crippen LogP contribution in [0.1, 0.15) is 13.8 Å². The summed E-state index contributed by atoms with van der Waals surface area (Å²) in [6, 6.07) is 0. The van der Waals surface area contributed by atoms with Crippen molar-refractivity contribution in [2.75, 3.05) is 13.2 Å². The van der Waals surface area contributed by atoms with Crippen LogP contribution in [0.5, 0.6) is 0 Å². The van der Waals surface area contributed by atoms with Gasteiger partial charge in [-0.1, -0.05) is 0 Å². The van der Waals surface area contributed by atoms with E-state index < -0.39 is 29.0 Å². The molecule has 0 amide bonds. The van der Waals surface area contributed by atoms with Crippen molar-refractivity contribution in [2.24, 2.45) is 0 Å². The van der Waals surface area contributed by atoms with Gasteiger partial charge in [0.15, 0.2) is 0 Å². The second-order valence-corrected chi connectivity index (χ2v) is 3.95. The zero-order chi connectivity index (χ0) is 8.69. The molecule has 0 aromatic rings. The average molecular weight is 274 g/mol. The fourth-order valence-electron chi connectivity index (χ4n) is 0.363. The van der Waals surface area contributed by atoms with E-state index in [0.717, 1.165) is 0 Å². The van der Waals surface area contributed by atoms with Gasteiger partial charge in [0.05, 0.1) is 0 Å². The Morgan fingerprint density at radius 3 is 1.73 bits per heavy atom. The summed E-state index contributed by atoms with van der Waals surface area (Å²) in [5.74, 6) is 0. The van der Waals surface area contributed by atoms with Gasteiger partial charge in [0.1, 0.15) is 0 Å². The Morgan fingerprint density at radius 1 is 1.09 bits per heavy atom. The Balaban J connectivity index is 3.49. The van der Waals surface area contributed by atoms with E-state index in [9.17, 15) is 9.59 Å². The van der Waals surface area contributed by atoms with Crippen LogP contribution in [0, 0.1) is 0 Å². The minimum absolute atomic E-state index is 0.322. The van der Waals surface area contributed by atoms with Gasteiger partial charge in [0.25, 0.3) is 0 Å². The average Bonchev–Trinajstić information content (AvgIpc) is 1.87. The molecule has 0 aliphatic heterocycles. The number of ether oxygens (including phenoxy) is 2. The summed E-state index contributed by atoms with van der Waals surface area (Å²) in [4.78, 5) is 21.3. The summed E-state index contributed by atoms with van der Waals surface area (Å²) < 4.78 is 8.34.